The summed E-state index contributed by atoms with van der Waals surface area (Å²) < 4.78 is 6.51. The molecule has 0 fully saturated rings. The van der Waals surface area contributed by atoms with Crippen molar-refractivity contribution in [1.29, 1.82) is 0 Å². The van der Waals surface area contributed by atoms with E-state index < -0.39 is 17.4 Å². The average Bonchev–Trinajstić information content (AvgIpc) is 3.07. The number of hydrogen-bond donors (Lipinski definition) is 2. The molecule has 0 bridgehead atoms. The fourth-order valence-electron chi connectivity index (χ4n) is 4.66. The van der Waals surface area contributed by atoms with Crippen LogP contribution in [0.2, 0.25) is 0 Å². The molecule has 0 atom stereocenters. The molecule has 0 aliphatic carbocycles. The van der Waals surface area contributed by atoms with Gasteiger partial charge in [-0.3, -0.25) is 9.59 Å². The first-order valence-electron chi connectivity index (χ1n) is 10.8. The minimum Gasteiger partial charge on any atom is -0.462 e. The van der Waals surface area contributed by atoms with E-state index in [1.807, 2.05) is 0 Å². The number of esters is 1. The lowest BCUT2D eigenvalue weighted by atomic mass is 9.81. The Hall–Kier alpha value is -3.04. The number of nitrogens with zero attached hydrogens (tertiary/aromatic N) is 2. The number of amides is 1. The Morgan fingerprint density at radius 2 is 1.88 bits per heavy atom. The predicted molar refractivity (Wildman–Crippen MR) is 129 cm³/mol. The van der Waals surface area contributed by atoms with E-state index in [0.717, 1.165) is 15.1 Å². The molecule has 1 amide bonds. The number of fused-ring (bicyclic) bond motifs is 2. The Morgan fingerprint density at radius 1 is 1.21 bits per heavy atom. The second-order valence-corrected chi connectivity index (χ2v) is 10.4. The van der Waals surface area contributed by atoms with Crippen LogP contribution in [0.5, 0.6) is 0 Å². The standard InChI is InChI=1S/C24H28N4O4S/c1-7-32-22(31)16-15-12-23(2,3)27-24(4,5)18(15)33-20(16)25-19(29)17-13-10-8-9-11-14(13)21(30)28(6)26-17/h8-11,27H,7,12H2,1-6H3,(H,25,29). The highest BCUT2D eigenvalue weighted by Crippen LogP contribution is 2.45. The molecule has 0 saturated heterocycles. The summed E-state index contributed by atoms with van der Waals surface area (Å²) in [5.41, 5.74) is 0.480. The Bertz CT molecular complexity index is 1340. The fraction of sp³-hybridized carbons (Fsp3) is 0.417. The maximum absolute atomic E-state index is 13.4. The van der Waals surface area contributed by atoms with Gasteiger partial charge >= 0.3 is 5.97 Å². The van der Waals surface area contributed by atoms with Gasteiger partial charge in [-0.2, -0.15) is 5.10 Å². The van der Waals surface area contributed by atoms with Gasteiger partial charge in [0.15, 0.2) is 5.69 Å². The zero-order chi connectivity index (χ0) is 24.1. The monoisotopic (exact) mass is 468 g/mol. The van der Waals surface area contributed by atoms with Crippen LogP contribution in [-0.4, -0.2) is 33.8 Å². The number of benzene rings is 1. The van der Waals surface area contributed by atoms with Crippen LogP contribution in [0.1, 0.15) is 65.9 Å². The molecule has 3 heterocycles. The SMILES string of the molecule is CCOC(=O)c1c(NC(=O)c2nn(C)c(=O)c3ccccc23)sc2c1CC(C)(C)NC2(C)C. The third kappa shape index (κ3) is 4.06. The summed E-state index contributed by atoms with van der Waals surface area (Å²) in [6, 6.07) is 6.86. The van der Waals surface area contributed by atoms with Crippen LogP contribution in [-0.2, 0) is 23.7 Å². The van der Waals surface area contributed by atoms with E-state index in [9.17, 15) is 14.4 Å². The fourth-order valence-corrected chi connectivity index (χ4v) is 5.92. The zero-order valence-electron chi connectivity index (χ0n) is 19.7. The molecule has 1 aliphatic heterocycles. The van der Waals surface area contributed by atoms with E-state index in [1.165, 1.54) is 18.4 Å². The molecule has 2 N–H and O–H groups in total. The molecule has 33 heavy (non-hydrogen) atoms. The lowest BCUT2D eigenvalue weighted by Crippen LogP contribution is -2.55. The third-order valence-electron chi connectivity index (χ3n) is 5.72. The van der Waals surface area contributed by atoms with Gasteiger partial charge in [-0.25, -0.2) is 9.48 Å². The van der Waals surface area contributed by atoms with Crippen molar-refractivity contribution < 1.29 is 14.3 Å². The predicted octanol–water partition coefficient (Wildman–Crippen LogP) is 3.58. The highest BCUT2D eigenvalue weighted by Gasteiger charge is 2.42. The topological polar surface area (TPSA) is 102 Å². The Labute approximate surface area is 195 Å². The van der Waals surface area contributed by atoms with E-state index in [4.69, 9.17) is 4.74 Å². The number of aromatic nitrogens is 2. The van der Waals surface area contributed by atoms with Gasteiger partial charge in [-0.05, 0) is 52.7 Å². The molecular formula is C24H28N4O4S. The summed E-state index contributed by atoms with van der Waals surface area (Å²) in [4.78, 5) is 39.8. The van der Waals surface area contributed by atoms with Gasteiger partial charge in [-0.1, -0.05) is 18.2 Å². The molecular weight excluding hydrogens is 440 g/mol. The minimum atomic E-state index is -0.490. The average molecular weight is 469 g/mol. The van der Waals surface area contributed by atoms with Crippen LogP contribution in [0, 0.1) is 0 Å². The number of thiophene rings is 1. The quantitative estimate of drug-likeness (QED) is 0.568. The van der Waals surface area contributed by atoms with Crippen LogP contribution in [0.4, 0.5) is 5.00 Å². The Kier molecular flexibility index (Phi) is 5.66. The van der Waals surface area contributed by atoms with Crippen molar-refractivity contribution in [3.05, 3.63) is 56.3 Å². The Balaban J connectivity index is 1.84. The highest BCUT2D eigenvalue weighted by atomic mass is 32.1. The number of nitrogens with one attached hydrogen (secondary N) is 2. The number of carbonyl (C=O) groups excluding carboxylic acids is 2. The van der Waals surface area contributed by atoms with Gasteiger partial charge in [0, 0.05) is 28.4 Å². The van der Waals surface area contributed by atoms with Crippen molar-refractivity contribution in [3.8, 4) is 0 Å². The zero-order valence-corrected chi connectivity index (χ0v) is 20.5. The van der Waals surface area contributed by atoms with Gasteiger partial charge in [-0.15, -0.1) is 11.3 Å². The Morgan fingerprint density at radius 3 is 2.55 bits per heavy atom. The molecule has 0 saturated carbocycles. The van der Waals surface area contributed by atoms with Gasteiger partial charge in [0.2, 0.25) is 0 Å². The van der Waals surface area contributed by atoms with E-state index in [1.54, 1.807) is 31.2 Å². The van der Waals surface area contributed by atoms with E-state index >= 15 is 0 Å². The number of hydrogen-bond acceptors (Lipinski definition) is 7. The smallest absolute Gasteiger partial charge is 0.341 e. The van der Waals surface area contributed by atoms with Crippen LogP contribution >= 0.6 is 11.3 Å². The van der Waals surface area contributed by atoms with Crippen LogP contribution in [0.25, 0.3) is 10.8 Å². The molecule has 0 spiro atoms. The molecule has 8 nitrogen and oxygen atoms in total. The molecule has 2 aromatic heterocycles. The lowest BCUT2D eigenvalue weighted by molar-refractivity contribution is 0.0525. The van der Waals surface area contributed by atoms with Gasteiger partial charge in [0.1, 0.15) is 5.00 Å². The second-order valence-electron chi connectivity index (χ2n) is 9.42. The summed E-state index contributed by atoms with van der Waals surface area (Å²) in [7, 11) is 1.51. The lowest BCUT2D eigenvalue weighted by Gasteiger charge is -2.42. The number of anilines is 1. The van der Waals surface area contributed by atoms with E-state index in [-0.39, 0.29) is 23.4 Å². The first-order valence-corrected chi connectivity index (χ1v) is 11.7. The number of rotatable bonds is 4. The molecule has 1 aliphatic rings. The maximum atomic E-state index is 13.4. The number of aryl methyl sites for hydroxylation is 1. The van der Waals surface area contributed by atoms with Crippen molar-refractivity contribution in [3.63, 3.8) is 0 Å². The van der Waals surface area contributed by atoms with Crippen molar-refractivity contribution in [2.75, 3.05) is 11.9 Å². The maximum Gasteiger partial charge on any atom is 0.341 e. The summed E-state index contributed by atoms with van der Waals surface area (Å²) in [5, 5.41) is 12.0. The van der Waals surface area contributed by atoms with Crippen LogP contribution in [0.3, 0.4) is 0 Å². The molecule has 1 aromatic carbocycles. The van der Waals surface area contributed by atoms with E-state index in [2.05, 4.69) is 43.4 Å². The third-order valence-corrected chi connectivity index (χ3v) is 7.19. The highest BCUT2D eigenvalue weighted by molar-refractivity contribution is 7.17. The van der Waals surface area contributed by atoms with Crippen molar-refractivity contribution >= 4 is 39.0 Å². The van der Waals surface area contributed by atoms with Gasteiger partial charge in [0.25, 0.3) is 11.5 Å². The molecule has 3 aromatic rings. The summed E-state index contributed by atoms with van der Waals surface area (Å²) >= 11 is 1.37. The van der Waals surface area contributed by atoms with Crippen LogP contribution in [0.15, 0.2) is 29.1 Å². The first-order chi connectivity index (χ1) is 15.4. The van der Waals surface area contributed by atoms with Crippen molar-refractivity contribution in [1.82, 2.24) is 15.1 Å². The van der Waals surface area contributed by atoms with Crippen molar-refractivity contribution in [2.24, 2.45) is 7.05 Å². The molecule has 0 unspecified atom stereocenters. The van der Waals surface area contributed by atoms with Crippen molar-refractivity contribution in [2.45, 2.75) is 52.1 Å². The van der Waals surface area contributed by atoms with Gasteiger partial charge < -0.3 is 15.4 Å². The summed E-state index contributed by atoms with van der Waals surface area (Å²) in [6.45, 7) is 10.3. The van der Waals surface area contributed by atoms with Gasteiger partial charge in [0.05, 0.1) is 17.6 Å². The normalized spacial score (nSPS) is 16.3. The largest absolute Gasteiger partial charge is 0.462 e. The molecule has 9 heteroatoms. The number of carbonyl (C=O) groups is 2. The minimum absolute atomic E-state index is 0.117. The second kappa shape index (κ2) is 8.07. The summed E-state index contributed by atoms with van der Waals surface area (Å²) in [6.07, 6.45) is 0.618. The number of ether oxygens (including phenoxy) is 1. The molecule has 174 valence electrons. The molecule has 0 radical (unpaired) electrons. The summed E-state index contributed by atoms with van der Waals surface area (Å²) in [5.74, 6) is -0.951. The molecule has 4 rings (SSSR count). The van der Waals surface area contributed by atoms with E-state index in [0.29, 0.717) is 27.8 Å². The first kappa shape index (κ1) is 23.1. The van der Waals surface area contributed by atoms with Crippen LogP contribution < -0.4 is 16.2 Å².